The number of hydrogen-bond donors (Lipinski definition) is 0. The fourth-order valence-electron chi connectivity index (χ4n) is 1.42. The zero-order valence-corrected chi connectivity index (χ0v) is 10.9. The minimum Gasteiger partial charge on any atom is -0.369 e. The average molecular weight is 236 g/mol. The first-order chi connectivity index (χ1) is 8.02. The van der Waals surface area contributed by atoms with Crippen LogP contribution in [0.15, 0.2) is 24.5 Å². The lowest BCUT2D eigenvalue weighted by atomic mass is 10.1. The van der Waals surface area contributed by atoms with Gasteiger partial charge < -0.3 is 9.64 Å². The summed E-state index contributed by atoms with van der Waals surface area (Å²) in [5.41, 5.74) is 1.07. The Bertz CT molecular complexity index is 352. The molecule has 1 heterocycles. The monoisotopic (exact) mass is 236 g/mol. The highest BCUT2D eigenvalue weighted by Crippen LogP contribution is 2.17. The third-order valence-corrected chi connectivity index (χ3v) is 2.70. The molecular weight excluding hydrogens is 216 g/mol. The predicted octanol–water partition coefficient (Wildman–Crippen LogP) is 2.03. The molecule has 94 valence electrons. The van der Waals surface area contributed by atoms with Crippen molar-refractivity contribution in [3.8, 4) is 0 Å². The topological polar surface area (TPSA) is 42.4 Å². The molecule has 1 unspecified atom stereocenters. The van der Waals surface area contributed by atoms with Gasteiger partial charge in [-0.15, -0.1) is 0 Å². The van der Waals surface area contributed by atoms with Gasteiger partial charge in [-0.25, -0.2) is 0 Å². The van der Waals surface area contributed by atoms with Crippen molar-refractivity contribution in [2.24, 2.45) is 0 Å². The second-order valence-corrected chi connectivity index (χ2v) is 4.32. The van der Waals surface area contributed by atoms with E-state index in [-0.39, 0.29) is 24.7 Å². The number of likely N-dealkylation sites (N-methyl/N-ethyl adjacent to an activating group) is 1. The number of pyridine rings is 1. The normalized spacial score (nSPS) is 12.5. The molecule has 0 aliphatic carbocycles. The number of amides is 1. The number of carbonyl (C=O) groups excluding carboxylic acids is 1. The highest BCUT2D eigenvalue weighted by atomic mass is 16.5. The summed E-state index contributed by atoms with van der Waals surface area (Å²) in [6, 6.07) is 3.86. The van der Waals surface area contributed by atoms with Gasteiger partial charge in [-0.2, -0.15) is 0 Å². The first-order valence-electron chi connectivity index (χ1n) is 5.79. The quantitative estimate of drug-likeness (QED) is 0.785. The lowest BCUT2D eigenvalue weighted by Gasteiger charge is -2.25. The molecule has 0 aromatic carbocycles. The van der Waals surface area contributed by atoms with Crippen LogP contribution in [0.3, 0.4) is 0 Å². The molecule has 4 heteroatoms. The smallest absolute Gasteiger partial charge is 0.248 e. The van der Waals surface area contributed by atoms with Gasteiger partial charge in [0.05, 0.1) is 12.1 Å². The Labute approximate surface area is 103 Å². The Morgan fingerprint density at radius 1 is 1.35 bits per heavy atom. The number of ether oxygens (including phenoxy) is 1. The third-order valence-electron chi connectivity index (χ3n) is 2.70. The molecular formula is C13H20N2O2. The minimum atomic E-state index is -0.0111. The van der Waals surface area contributed by atoms with Gasteiger partial charge in [-0.05, 0) is 38.5 Å². The van der Waals surface area contributed by atoms with E-state index in [0.717, 1.165) is 5.56 Å². The van der Waals surface area contributed by atoms with Gasteiger partial charge in [-0.3, -0.25) is 9.78 Å². The lowest BCUT2D eigenvalue weighted by Crippen LogP contribution is -2.33. The fraction of sp³-hybridized carbons (Fsp3) is 0.538. The molecule has 4 nitrogen and oxygen atoms in total. The van der Waals surface area contributed by atoms with Gasteiger partial charge in [0.15, 0.2) is 0 Å². The van der Waals surface area contributed by atoms with Crippen LogP contribution in [-0.4, -0.2) is 35.5 Å². The van der Waals surface area contributed by atoms with E-state index in [2.05, 4.69) is 4.98 Å². The summed E-state index contributed by atoms with van der Waals surface area (Å²) in [4.78, 5) is 17.5. The Balaban J connectivity index is 2.57. The van der Waals surface area contributed by atoms with E-state index in [4.69, 9.17) is 4.74 Å². The molecule has 0 radical (unpaired) electrons. The highest BCUT2D eigenvalue weighted by molar-refractivity contribution is 5.77. The largest absolute Gasteiger partial charge is 0.369 e. The van der Waals surface area contributed by atoms with Gasteiger partial charge in [0, 0.05) is 19.4 Å². The molecule has 0 fully saturated rings. The van der Waals surface area contributed by atoms with Crippen LogP contribution >= 0.6 is 0 Å². The van der Waals surface area contributed by atoms with Gasteiger partial charge in [0.1, 0.15) is 6.61 Å². The Hall–Kier alpha value is -1.42. The Morgan fingerprint density at radius 2 is 1.94 bits per heavy atom. The second kappa shape index (κ2) is 6.35. The Morgan fingerprint density at radius 3 is 2.47 bits per heavy atom. The summed E-state index contributed by atoms with van der Waals surface area (Å²) in [7, 11) is 1.79. The third kappa shape index (κ3) is 4.15. The summed E-state index contributed by atoms with van der Waals surface area (Å²) in [5, 5.41) is 0. The molecule has 1 amide bonds. The zero-order valence-electron chi connectivity index (χ0n) is 10.9. The molecule has 1 aromatic heterocycles. The van der Waals surface area contributed by atoms with Crippen LogP contribution in [0.4, 0.5) is 0 Å². The van der Waals surface area contributed by atoms with Gasteiger partial charge in [-0.1, -0.05) is 0 Å². The molecule has 1 aromatic rings. The molecule has 0 N–H and O–H groups in total. The average Bonchev–Trinajstić information content (AvgIpc) is 2.35. The zero-order chi connectivity index (χ0) is 12.8. The van der Waals surface area contributed by atoms with Crippen LogP contribution in [0.5, 0.6) is 0 Å². The number of hydrogen-bond acceptors (Lipinski definition) is 3. The van der Waals surface area contributed by atoms with E-state index < -0.39 is 0 Å². The maximum absolute atomic E-state index is 11.8. The van der Waals surface area contributed by atoms with E-state index in [9.17, 15) is 4.79 Å². The van der Waals surface area contributed by atoms with E-state index >= 15 is 0 Å². The van der Waals surface area contributed by atoms with Crippen molar-refractivity contribution < 1.29 is 9.53 Å². The molecule has 0 aliphatic rings. The highest BCUT2D eigenvalue weighted by Gasteiger charge is 2.17. The molecule has 0 bridgehead atoms. The standard InChI is InChI=1S/C13H20N2O2/c1-10(2)17-9-13(16)15(4)11(3)12-5-7-14-8-6-12/h5-8,10-11H,9H2,1-4H3. The first-order valence-corrected chi connectivity index (χ1v) is 5.79. The fourth-order valence-corrected chi connectivity index (χ4v) is 1.42. The van der Waals surface area contributed by atoms with Gasteiger partial charge in [0.2, 0.25) is 5.91 Å². The summed E-state index contributed by atoms with van der Waals surface area (Å²) >= 11 is 0. The van der Waals surface area contributed by atoms with Crippen molar-refractivity contribution in [1.82, 2.24) is 9.88 Å². The van der Waals surface area contributed by atoms with E-state index in [1.807, 2.05) is 32.9 Å². The predicted molar refractivity (Wildman–Crippen MR) is 66.5 cm³/mol. The molecule has 1 atom stereocenters. The number of carbonyl (C=O) groups is 1. The first kappa shape index (κ1) is 13.6. The second-order valence-electron chi connectivity index (χ2n) is 4.32. The molecule has 0 aliphatic heterocycles. The van der Waals surface area contributed by atoms with Crippen LogP contribution in [0, 0.1) is 0 Å². The molecule has 0 saturated carbocycles. The van der Waals surface area contributed by atoms with Crippen molar-refractivity contribution in [2.45, 2.75) is 32.9 Å². The van der Waals surface area contributed by atoms with Crippen LogP contribution in [0.2, 0.25) is 0 Å². The molecule has 1 rings (SSSR count). The summed E-state index contributed by atoms with van der Waals surface area (Å²) in [6.45, 7) is 5.95. The van der Waals surface area contributed by atoms with Crippen molar-refractivity contribution in [2.75, 3.05) is 13.7 Å². The lowest BCUT2D eigenvalue weighted by molar-refractivity contribution is -0.138. The molecule has 17 heavy (non-hydrogen) atoms. The maximum Gasteiger partial charge on any atom is 0.248 e. The molecule has 0 spiro atoms. The van der Waals surface area contributed by atoms with Gasteiger partial charge >= 0.3 is 0 Å². The Kier molecular flexibility index (Phi) is 5.10. The van der Waals surface area contributed by atoms with Crippen molar-refractivity contribution in [1.29, 1.82) is 0 Å². The summed E-state index contributed by atoms with van der Waals surface area (Å²) in [5.74, 6) is -0.0111. The van der Waals surface area contributed by atoms with E-state index in [1.165, 1.54) is 0 Å². The van der Waals surface area contributed by atoms with Crippen molar-refractivity contribution in [3.05, 3.63) is 30.1 Å². The van der Waals surface area contributed by atoms with Crippen LogP contribution in [0.25, 0.3) is 0 Å². The summed E-state index contributed by atoms with van der Waals surface area (Å²) in [6.07, 6.45) is 3.53. The minimum absolute atomic E-state index is 0.0111. The van der Waals surface area contributed by atoms with Crippen LogP contribution in [0.1, 0.15) is 32.4 Å². The van der Waals surface area contributed by atoms with Crippen LogP contribution < -0.4 is 0 Å². The van der Waals surface area contributed by atoms with Crippen molar-refractivity contribution >= 4 is 5.91 Å². The van der Waals surface area contributed by atoms with E-state index in [1.54, 1.807) is 24.3 Å². The number of aromatic nitrogens is 1. The van der Waals surface area contributed by atoms with E-state index in [0.29, 0.717) is 0 Å². The SMILES string of the molecule is CC(C)OCC(=O)N(C)C(C)c1ccncc1. The number of nitrogens with zero attached hydrogens (tertiary/aromatic N) is 2. The van der Waals surface area contributed by atoms with Crippen LogP contribution in [-0.2, 0) is 9.53 Å². The van der Waals surface area contributed by atoms with Gasteiger partial charge in [0.25, 0.3) is 0 Å². The van der Waals surface area contributed by atoms with Crippen molar-refractivity contribution in [3.63, 3.8) is 0 Å². The summed E-state index contributed by atoms with van der Waals surface area (Å²) < 4.78 is 5.31. The maximum atomic E-state index is 11.8. The molecule has 0 saturated heterocycles. The number of rotatable bonds is 5.